The Kier molecular flexibility index (Phi) is 5.08. The summed E-state index contributed by atoms with van der Waals surface area (Å²) >= 11 is 0. The third-order valence-corrected chi connectivity index (χ3v) is 3.62. The fourth-order valence-electron chi connectivity index (χ4n) is 2.71. The van der Waals surface area contributed by atoms with Gasteiger partial charge < -0.3 is 10.5 Å². The molecule has 1 aromatic carbocycles. The Hall–Kier alpha value is -2.21. The average molecular weight is 330 g/mol. The molecule has 0 radical (unpaired) electrons. The van der Waals surface area contributed by atoms with Crippen LogP contribution in [0.4, 0.5) is 0 Å². The van der Waals surface area contributed by atoms with Crippen LogP contribution in [-0.2, 0) is 15.1 Å². The third-order valence-electron chi connectivity index (χ3n) is 3.62. The minimum atomic E-state index is -1.19. The van der Waals surface area contributed by atoms with Crippen molar-refractivity contribution in [1.82, 2.24) is 14.8 Å². The van der Waals surface area contributed by atoms with Crippen LogP contribution < -0.4 is 5.73 Å². The van der Waals surface area contributed by atoms with Gasteiger partial charge in [-0.25, -0.2) is 4.79 Å². The van der Waals surface area contributed by atoms with Crippen LogP contribution in [0.2, 0.25) is 0 Å². The molecule has 0 aliphatic heterocycles. The first-order chi connectivity index (χ1) is 11.1. The summed E-state index contributed by atoms with van der Waals surface area (Å²) in [6.45, 7) is 9.82. The summed E-state index contributed by atoms with van der Waals surface area (Å²) in [5.41, 5.74) is 6.88. The molecular formula is C18H26N4O2. The summed E-state index contributed by atoms with van der Waals surface area (Å²) in [7, 11) is 0. The van der Waals surface area contributed by atoms with E-state index in [4.69, 9.17) is 10.5 Å². The van der Waals surface area contributed by atoms with Gasteiger partial charge in [-0.15, -0.1) is 10.2 Å². The van der Waals surface area contributed by atoms with Crippen LogP contribution >= 0.6 is 0 Å². The van der Waals surface area contributed by atoms with E-state index in [1.165, 1.54) is 0 Å². The largest absolute Gasteiger partial charge is 0.461 e. The normalized spacial score (nSPS) is 14.5. The molecule has 2 rings (SSSR count). The zero-order valence-electron chi connectivity index (χ0n) is 15.0. The van der Waals surface area contributed by atoms with Crippen molar-refractivity contribution in [2.24, 2.45) is 11.1 Å². The fraction of sp³-hybridized carbons (Fsp3) is 0.500. The molecule has 0 saturated carbocycles. The second kappa shape index (κ2) is 6.73. The molecule has 1 atom stereocenters. The van der Waals surface area contributed by atoms with Crippen molar-refractivity contribution >= 4 is 5.97 Å². The van der Waals surface area contributed by atoms with E-state index in [1.54, 1.807) is 17.2 Å². The van der Waals surface area contributed by atoms with Crippen LogP contribution in [0.25, 0.3) is 5.69 Å². The van der Waals surface area contributed by atoms with Gasteiger partial charge in [0.05, 0.1) is 6.10 Å². The van der Waals surface area contributed by atoms with E-state index in [9.17, 15) is 4.79 Å². The molecule has 6 heteroatoms. The van der Waals surface area contributed by atoms with Crippen molar-refractivity contribution in [2.75, 3.05) is 0 Å². The second-order valence-corrected chi connectivity index (χ2v) is 7.58. The van der Waals surface area contributed by atoms with Crippen molar-refractivity contribution in [1.29, 1.82) is 0 Å². The minimum Gasteiger partial charge on any atom is -0.461 e. The van der Waals surface area contributed by atoms with E-state index in [0.717, 1.165) is 11.3 Å². The highest BCUT2D eigenvalue weighted by Gasteiger charge is 2.41. The van der Waals surface area contributed by atoms with Gasteiger partial charge in [0.15, 0.2) is 0 Å². The monoisotopic (exact) mass is 330 g/mol. The van der Waals surface area contributed by atoms with Gasteiger partial charge in [-0.3, -0.25) is 4.57 Å². The van der Waals surface area contributed by atoms with Gasteiger partial charge in [0.25, 0.3) is 0 Å². The Balaban J connectivity index is 2.37. The summed E-state index contributed by atoms with van der Waals surface area (Å²) < 4.78 is 7.22. The van der Waals surface area contributed by atoms with Crippen molar-refractivity contribution in [2.45, 2.75) is 52.7 Å². The standard InChI is InChI=1S/C18H26N4O2/c1-13(2)24-16(23)18(19,10-17(3,4)5)14-6-8-15(9-7-14)22-11-20-21-12-22/h6-9,11-13H,10,19H2,1-5H3/t18-/m1/s1. The molecule has 130 valence electrons. The Morgan fingerprint density at radius 2 is 1.71 bits per heavy atom. The number of aromatic nitrogens is 3. The van der Waals surface area contributed by atoms with E-state index in [1.807, 2.05) is 38.1 Å². The first-order valence-corrected chi connectivity index (χ1v) is 8.07. The van der Waals surface area contributed by atoms with Crippen LogP contribution in [0, 0.1) is 5.41 Å². The predicted octanol–water partition coefficient (Wildman–Crippen LogP) is 2.81. The molecule has 2 N–H and O–H groups in total. The molecule has 2 aromatic rings. The molecule has 1 aromatic heterocycles. The van der Waals surface area contributed by atoms with Gasteiger partial charge in [-0.2, -0.15) is 0 Å². The minimum absolute atomic E-state index is 0.127. The Morgan fingerprint density at radius 1 is 1.17 bits per heavy atom. The number of carbonyl (C=O) groups excluding carboxylic acids is 1. The lowest BCUT2D eigenvalue weighted by Crippen LogP contribution is -2.49. The first kappa shape index (κ1) is 18.1. The smallest absolute Gasteiger partial charge is 0.331 e. The Morgan fingerprint density at radius 3 is 2.17 bits per heavy atom. The van der Waals surface area contributed by atoms with Crippen LogP contribution in [0.1, 0.15) is 46.6 Å². The second-order valence-electron chi connectivity index (χ2n) is 7.58. The molecular weight excluding hydrogens is 304 g/mol. The summed E-state index contributed by atoms with van der Waals surface area (Å²) in [6, 6.07) is 7.52. The first-order valence-electron chi connectivity index (χ1n) is 8.07. The van der Waals surface area contributed by atoms with Crippen LogP contribution in [0.5, 0.6) is 0 Å². The molecule has 0 saturated heterocycles. The van der Waals surface area contributed by atoms with E-state index in [2.05, 4.69) is 31.0 Å². The maximum Gasteiger partial charge on any atom is 0.331 e. The van der Waals surface area contributed by atoms with Gasteiger partial charge >= 0.3 is 5.97 Å². The summed E-state index contributed by atoms with van der Waals surface area (Å²) in [5, 5.41) is 7.59. The van der Waals surface area contributed by atoms with E-state index in [0.29, 0.717) is 6.42 Å². The van der Waals surface area contributed by atoms with Crippen molar-refractivity contribution in [3.8, 4) is 5.69 Å². The molecule has 0 bridgehead atoms. The predicted molar refractivity (Wildman–Crippen MR) is 92.5 cm³/mol. The van der Waals surface area contributed by atoms with Gasteiger partial charge in [0.1, 0.15) is 18.2 Å². The van der Waals surface area contributed by atoms with Gasteiger partial charge in [0, 0.05) is 5.69 Å². The average Bonchev–Trinajstić information content (AvgIpc) is 2.99. The zero-order chi connectivity index (χ0) is 18.0. The molecule has 0 aliphatic rings. The fourth-order valence-corrected chi connectivity index (χ4v) is 2.71. The SMILES string of the molecule is CC(C)OC(=O)[C@@](N)(CC(C)(C)C)c1ccc(-n2cnnc2)cc1. The Labute approximate surface area is 143 Å². The zero-order valence-corrected chi connectivity index (χ0v) is 15.0. The van der Waals surface area contributed by atoms with Crippen molar-refractivity contribution < 1.29 is 9.53 Å². The highest BCUT2D eigenvalue weighted by atomic mass is 16.5. The Bertz CT molecular complexity index is 672. The molecule has 0 aliphatic carbocycles. The van der Waals surface area contributed by atoms with E-state index < -0.39 is 11.5 Å². The lowest BCUT2D eigenvalue weighted by Gasteiger charge is -2.34. The number of nitrogens with two attached hydrogens (primary N) is 1. The number of rotatable bonds is 5. The van der Waals surface area contributed by atoms with Gasteiger partial charge in [0.2, 0.25) is 0 Å². The molecule has 1 heterocycles. The number of hydrogen-bond donors (Lipinski definition) is 1. The molecule has 24 heavy (non-hydrogen) atoms. The van der Waals surface area contributed by atoms with Crippen LogP contribution in [0.15, 0.2) is 36.9 Å². The van der Waals surface area contributed by atoms with Gasteiger partial charge in [-0.1, -0.05) is 32.9 Å². The molecule has 0 amide bonds. The number of benzene rings is 1. The molecule has 6 nitrogen and oxygen atoms in total. The summed E-state index contributed by atoms with van der Waals surface area (Å²) in [4.78, 5) is 12.7. The number of hydrogen-bond acceptors (Lipinski definition) is 5. The number of ether oxygens (including phenoxy) is 1. The maximum absolute atomic E-state index is 12.7. The number of carbonyl (C=O) groups is 1. The molecule has 0 fully saturated rings. The number of esters is 1. The topological polar surface area (TPSA) is 83.0 Å². The van der Waals surface area contributed by atoms with Crippen LogP contribution in [-0.4, -0.2) is 26.8 Å². The number of nitrogens with zero attached hydrogens (tertiary/aromatic N) is 3. The highest BCUT2D eigenvalue weighted by Crippen LogP contribution is 2.34. The van der Waals surface area contributed by atoms with Crippen molar-refractivity contribution in [3.05, 3.63) is 42.5 Å². The maximum atomic E-state index is 12.7. The summed E-state index contributed by atoms with van der Waals surface area (Å²) in [6.07, 6.45) is 3.51. The molecule has 0 unspecified atom stereocenters. The lowest BCUT2D eigenvalue weighted by atomic mass is 9.76. The highest BCUT2D eigenvalue weighted by molar-refractivity contribution is 5.82. The quantitative estimate of drug-likeness (QED) is 0.852. The van der Waals surface area contributed by atoms with Crippen molar-refractivity contribution in [3.63, 3.8) is 0 Å². The van der Waals surface area contributed by atoms with E-state index in [-0.39, 0.29) is 11.5 Å². The van der Waals surface area contributed by atoms with E-state index >= 15 is 0 Å². The third kappa shape index (κ3) is 4.20. The lowest BCUT2D eigenvalue weighted by molar-refractivity contribution is -0.156. The van der Waals surface area contributed by atoms with Gasteiger partial charge in [-0.05, 0) is 43.4 Å². The summed E-state index contributed by atoms with van der Waals surface area (Å²) in [5.74, 6) is -0.399. The molecule has 0 spiro atoms. The van der Waals surface area contributed by atoms with Crippen LogP contribution in [0.3, 0.4) is 0 Å².